The van der Waals surface area contributed by atoms with Crippen LogP contribution in [0.15, 0.2) is 12.2 Å². The lowest BCUT2D eigenvalue weighted by atomic mass is 9.90. The number of aliphatic hydroxyl groups is 12. The molecule has 14 N–H and O–H groups in total. The van der Waals surface area contributed by atoms with Gasteiger partial charge in [-0.3, -0.25) is 4.79 Å². The summed E-state index contributed by atoms with van der Waals surface area (Å²) < 4.78 is 34.3. The van der Waals surface area contributed by atoms with Gasteiger partial charge in [0, 0.05) is 12.8 Å². The monoisotopic (exact) mass is 1220 g/mol. The molecule has 18 atom stereocenters. The zero-order valence-electron chi connectivity index (χ0n) is 51.6. The van der Waals surface area contributed by atoms with Gasteiger partial charge >= 0.3 is 5.97 Å². The highest BCUT2D eigenvalue weighted by Crippen LogP contribution is 2.38. The van der Waals surface area contributed by atoms with Crippen LogP contribution >= 0.6 is 0 Å². The van der Waals surface area contributed by atoms with E-state index in [2.05, 4.69) is 19.2 Å². The number of carbonyl (C=O) groups excluding carboxylic acids is 1. The third-order valence-electron chi connectivity index (χ3n) is 17.1. The van der Waals surface area contributed by atoms with Crippen molar-refractivity contribution < 1.29 is 104 Å². The predicted octanol–water partition coefficient (Wildman–Crippen LogP) is 5.36. The molecule has 500 valence electrons. The van der Waals surface area contributed by atoms with Crippen LogP contribution in [0, 0.1) is 0 Å². The maximum Gasteiger partial charge on any atom is 0.364 e. The molecule has 0 aromatic rings. The Balaban J connectivity index is 1.56. The molecule has 3 rings (SSSR count). The number of hydrogen-bond donors (Lipinski definition) is 14. The molecule has 85 heavy (non-hydrogen) atoms. The number of nitrogens with one attached hydrogen (secondary N) is 1. The fourth-order valence-electron chi connectivity index (χ4n) is 11.6. The summed E-state index contributed by atoms with van der Waals surface area (Å²) in [6, 6.07) is -1.03. The zero-order valence-corrected chi connectivity index (χ0v) is 51.6. The Kier molecular flexibility index (Phi) is 41.1. The summed E-state index contributed by atoms with van der Waals surface area (Å²) in [4.78, 5) is 26.2. The molecule has 0 aliphatic carbocycles. The van der Waals surface area contributed by atoms with Crippen LogP contribution in [0.4, 0.5) is 0 Å². The molecular formula is C63H117NO21. The van der Waals surface area contributed by atoms with E-state index in [1.54, 1.807) is 6.08 Å². The van der Waals surface area contributed by atoms with Gasteiger partial charge in [-0.1, -0.05) is 219 Å². The second kappa shape index (κ2) is 45.2. The highest BCUT2D eigenvalue weighted by atomic mass is 16.8. The van der Waals surface area contributed by atoms with Crippen molar-refractivity contribution in [1.29, 1.82) is 0 Å². The average molecular weight is 1220 g/mol. The quantitative estimate of drug-likeness (QED) is 0.0269. The van der Waals surface area contributed by atoms with Gasteiger partial charge in [-0.05, 0) is 19.3 Å². The number of carboxylic acids is 1. The van der Waals surface area contributed by atoms with Crippen molar-refractivity contribution in [1.82, 2.24) is 5.32 Å². The summed E-state index contributed by atoms with van der Waals surface area (Å²) in [5, 5.41) is 142. The Morgan fingerprint density at radius 3 is 1.48 bits per heavy atom. The first kappa shape index (κ1) is 77.2. The molecule has 1 amide bonds. The molecule has 0 spiro atoms. The second-order valence-electron chi connectivity index (χ2n) is 24.3. The zero-order chi connectivity index (χ0) is 62.4. The van der Waals surface area contributed by atoms with Crippen LogP contribution in [0.1, 0.15) is 239 Å². The molecule has 3 aliphatic rings. The van der Waals surface area contributed by atoms with E-state index >= 15 is 0 Å². The van der Waals surface area contributed by atoms with Gasteiger partial charge in [0.05, 0.1) is 44.7 Å². The molecule has 3 heterocycles. The number of unbranched alkanes of at least 4 members (excludes halogenated alkanes) is 31. The number of rotatable bonds is 50. The minimum atomic E-state index is -3.08. The maximum atomic E-state index is 13.4. The van der Waals surface area contributed by atoms with Crippen LogP contribution in [0.2, 0.25) is 0 Å². The minimum Gasteiger partial charge on any atom is -0.477 e. The van der Waals surface area contributed by atoms with Crippen LogP contribution in [-0.4, -0.2) is 215 Å². The molecule has 0 aromatic heterocycles. The number of amides is 1. The van der Waals surface area contributed by atoms with E-state index in [1.807, 2.05) is 6.08 Å². The van der Waals surface area contributed by atoms with E-state index in [0.29, 0.717) is 12.8 Å². The number of aliphatic carboxylic acids is 1. The third kappa shape index (κ3) is 28.3. The van der Waals surface area contributed by atoms with Gasteiger partial charge in [-0.2, -0.15) is 0 Å². The topological polar surface area (TPSA) is 365 Å². The van der Waals surface area contributed by atoms with Gasteiger partial charge in [-0.25, -0.2) is 4.79 Å². The summed E-state index contributed by atoms with van der Waals surface area (Å²) in [5.74, 6) is -5.38. The number of ether oxygens (including phenoxy) is 6. The highest BCUT2D eigenvalue weighted by molar-refractivity contribution is 5.76. The van der Waals surface area contributed by atoms with Crippen LogP contribution in [0.3, 0.4) is 0 Å². The Hall–Kier alpha value is -2.04. The highest BCUT2D eigenvalue weighted by Gasteiger charge is 2.60. The van der Waals surface area contributed by atoms with Gasteiger partial charge in [0.2, 0.25) is 5.91 Å². The van der Waals surface area contributed by atoms with E-state index in [0.717, 1.165) is 44.9 Å². The molecule has 3 saturated heterocycles. The fraction of sp³-hybridized carbons (Fsp3) is 0.937. The molecule has 3 fully saturated rings. The lowest BCUT2D eigenvalue weighted by Gasteiger charge is -2.50. The number of allylic oxidation sites excluding steroid dienone is 1. The molecular weight excluding hydrogens is 1110 g/mol. The molecule has 3 aliphatic heterocycles. The number of carbonyl (C=O) groups is 2. The Bertz CT molecular complexity index is 1720. The summed E-state index contributed by atoms with van der Waals surface area (Å²) in [6.07, 6.45) is 11.9. The Labute approximate surface area is 507 Å². The minimum absolute atomic E-state index is 0.209. The lowest BCUT2D eigenvalue weighted by Crippen LogP contribution is -2.69. The van der Waals surface area contributed by atoms with Crippen LogP contribution in [0.25, 0.3) is 0 Å². The predicted molar refractivity (Wildman–Crippen MR) is 318 cm³/mol. The van der Waals surface area contributed by atoms with Gasteiger partial charge < -0.3 is 100 Å². The summed E-state index contributed by atoms with van der Waals surface area (Å²) >= 11 is 0. The van der Waals surface area contributed by atoms with Crippen molar-refractivity contribution >= 4 is 11.9 Å². The molecule has 0 radical (unpaired) electrons. The third-order valence-corrected chi connectivity index (χ3v) is 17.1. The van der Waals surface area contributed by atoms with Crippen LogP contribution < -0.4 is 5.32 Å². The van der Waals surface area contributed by atoms with Crippen LogP contribution in [-0.2, 0) is 38.0 Å². The smallest absolute Gasteiger partial charge is 0.364 e. The fourth-order valence-corrected chi connectivity index (χ4v) is 11.6. The standard InChI is InChI=1S/C63H117NO21/c1-3-5-7-9-11-13-15-17-18-19-20-21-22-23-24-26-28-30-32-34-36-38-50(71)64-44(45(68)37-35-33-31-29-27-25-16-14-12-10-8-6-4-2)43-80-60-55(76)54(75)57(49(42-67)82-60)83-61-56(77)59(53(74)48(41-66)81-61)85-63(62(78)79)39-46(69)51(72)58(84-63)52(73)47(70)40-65/h35,37,44-49,51-61,65-70,72-77H,3-34,36,38-43H2,1-2H3,(H,64,71)(H,78,79)/b37-35+/t44-,45+,46?,47+,48?,49?,51+,52+,53-,54+,55?,56?,57+,58?,59-,60+,61-,63-/m0/s1. The lowest BCUT2D eigenvalue weighted by molar-refractivity contribution is -0.390. The normalized spacial score (nSPS) is 29.7. The first-order valence-electron chi connectivity index (χ1n) is 33.1. The molecule has 0 bridgehead atoms. The largest absolute Gasteiger partial charge is 0.477 e. The van der Waals surface area contributed by atoms with Gasteiger partial charge in [-0.15, -0.1) is 0 Å². The van der Waals surface area contributed by atoms with Crippen molar-refractivity contribution in [2.75, 3.05) is 26.4 Å². The SMILES string of the molecule is CCCCCCCCCCCCC/C=C/[C@@H](O)[C@H](CO[C@@H]1OC(CO)[C@@H](O[C@@H]2OC(CO)[C@H](O)[C@H](O[C@]3(C(=O)O)CC(O)[C@@H](O)C([C@H](O)[C@H](O)CO)O3)C2O)[C@H](O)C1O)NC(=O)CCCCCCCCCCCCCCCCCCCCCCC. The van der Waals surface area contributed by atoms with Crippen molar-refractivity contribution in [2.45, 2.75) is 348 Å². The van der Waals surface area contributed by atoms with Crippen molar-refractivity contribution in [2.24, 2.45) is 0 Å². The van der Waals surface area contributed by atoms with E-state index in [1.165, 1.54) is 154 Å². The van der Waals surface area contributed by atoms with E-state index < -0.39 is 149 Å². The van der Waals surface area contributed by atoms with Gasteiger partial charge in [0.1, 0.15) is 73.2 Å². The van der Waals surface area contributed by atoms with Crippen molar-refractivity contribution in [3.63, 3.8) is 0 Å². The molecule has 22 nitrogen and oxygen atoms in total. The Morgan fingerprint density at radius 1 is 0.565 bits per heavy atom. The molecule has 0 saturated carbocycles. The summed E-state index contributed by atoms with van der Waals surface area (Å²) in [5.41, 5.74) is 0. The molecule has 22 heteroatoms. The molecule has 6 unspecified atom stereocenters. The average Bonchev–Trinajstić information content (AvgIpc) is 1.41. The van der Waals surface area contributed by atoms with Gasteiger partial charge in [0.15, 0.2) is 12.6 Å². The number of aliphatic hydroxyl groups excluding tert-OH is 12. The number of carboxylic acid groups (broad SMARTS) is 1. The summed E-state index contributed by atoms with van der Waals surface area (Å²) in [6.45, 7) is 1.11. The van der Waals surface area contributed by atoms with Crippen LogP contribution in [0.5, 0.6) is 0 Å². The maximum absolute atomic E-state index is 13.4. The van der Waals surface area contributed by atoms with E-state index in [-0.39, 0.29) is 12.3 Å². The second-order valence-corrected chi connectivity index (χ2v) is 24.3. The first-order valence-corrected chi connectivity index (χ1v) is 33.1. The Morgan fingerprint density at radius 2 is 1.02 bits per heavy atom. The van der Waals surface area contributed by atoms with Crippen molar-refractivity contribution in [3.8, 4) is 0 Å². The van der Waals surface area contributed by atoms with E-state index in [4.69, 9.17) is 28.4 Å². The van der Waals surface area contributed by atoms with Crippen molar-refractivity contribution in [3.05, 3.63) is 12.2 Å². The first-order chi connectivity index (χ1) is 41.0. The number of hydrogen-bond acceptors (Lipinski definition) is 20. The summed E-state index contributed by atoms with van der Waals surface area (Å²) in [7, 11) is 0. The molecule has 0 aromatic carbocycles. The van der Waals surface area contributed by atoms with Gasteiger partial charge in [0.25, 0.3) is 5.79 Å². The van der Waals surface area contributed by atoms with E-state index in [9.17, 15) is 76.0 Å².